The summed E-state index contributed by atoms with van der Waals surface area (Å²) in [5.74, 6) is -0.786. The zero-order valence-corrected chi connectivity index (χ0v) is 12.7. The van der Waals surface area contributed by atoms with Gasteiger partial charge in [-0.1, -0.05) is 13.0 Å². The van der Waals surface area contributed by atoms with Crippen molar-refractivity contribution in [2.75, 3.05) is 0 Å². The summed E-state index contributed by atoms with van der Waals surface area (Å²) in [5, 5.41) is 21.8. The van der Waals surface area contributed by atoms with E-state index in [9.17, 15) is 19.8 Å². The highest BCUT2D eigenvalue weighted by molar-refractivity contribution is 5.96. The van der Waals surface area contributed by atoms with E-state index in [1.165, 1.54) is 6.07 Å². The summed E-state index contributed by atoms with van der Waals surface area (Å²) in [4.78, 5) is 23.6. The summed E-state index contributed by atoms with van der Waals surface area (Å²) >= 11 is 0. The average molecular weight is 303 g/mol. The van der Waals surface area contributed by atoms with Crippen LogP contribution >= 0.6 is 0 Å². The van der Waals surface area contributed by atoms with Crippen molar-refractivity contribution in [3.63, 3.8) is 0 Å². The van der Waals surface area contributed by atoms with Gasteiger partial charge in [-0.15, -0.1) is 0 Å². The minimum absolute atomic E-state index is 0.0499. The highest BCUT2D eigenvalue weighted by Gasteiger charge is 2.57. The Morgan fingerprint density at radius 2 is 2.00 bits per heavy atom. The molecule has 0 spiro atoms. The molecule has 1 fully saturated rings. The zero-order valence-electron chi connectivity index (χ0n) is 12.7. The van der Waals surface area contributed by atoms with Gasteiger partial charge in [0.1, 0.15) is 11.5 Å². The molecule has 1 amide bonds. The van der Waals surface area contributed by atoms with Crippen LogP contribution < -0.4 is 5.73 Å². The lowest BCUT2D eigenvalue weighted by Crippen LogP contribution is -2.58. The van der Waals surface area contributed by atoms with Crippen LogP contribution in [0.1, 0.15) is 60.5 Å². The predicted octanol–water partition coefficient (Wildman–Crippen LogP) is 1.57. The van der Waals surface area contributed by atoms with Gasteiger partial charge in [-0.05, 0) is 37.3 Å². The van der Waals surface area contributed by atoms with Gasteiger partial charge in [-0.3, -0.25) is 9.59 Å². The Kier molecular flexibility index (Phi) is 3.29. The van der Waals surface area contributed by atoms with E-state index >= 15 is 0 Å². The van der Waals surface area contributed by atoms with E-state index < -0.39 is 16.9 Å². The maximum atomic E-state index is 12.1. The molecule has 0 heterocycles. The van der Waals surface area contributed by atoms with E-state index in [4.69, 9.17) is 5.73 Å². The first kappa shape index (κ1) is 15.0. The molecule has 3 rings (SSSR count). The summed E-state index contributed by atoms with van der Waals surface area (Å²) in [6, 6.07) is 3.31. The predicted molar refractivity (Wildman–Crippen MR) is 80.7 cm³/mol. The maximum Gasteiger partial charge on any atom is 0.252 e. The highest BCUT2D eigenvalue weighted by atomic mass is 16.3. The number of fused-ring (bicyclic) bond motifs is 3. The number of amides is 1. The molecule has 1 aromatic carbocycles. The summed E-state index contributed by atoms with van der Waals surface area (Å²) in [6.45, 7) is 1.91. The second-order valence-corrected chi connectivity index (χ2v) is 6.54. The van der Waals surface area contributed by atoms with Crippen LogP contribution in [0.25, 0.3) is 0 Å². The van der Waals surface area contributed by atoms with Crippen LogP contribution in [0.5, 0.6) is 5.75 Å². The van der Waals surface area contributed by atoms with E-state index in [1.54, 1.807) is 6.07 Å². The van der Waals surface area contributed by atoms with Crippen molar-refractivity contribution >= 4 is 11.7 Å². The third-order valence-corrected chi connectivity index (χ3v) is 5.63. The molecule has 2 aliphatic rings. The van der Waals surface area contributed by atoms with Gasteiger partial charge in [0.2, 0.25) is 0 Å². The van der Waals surface area contributed by atoms with Gasteiger partial charge >= 0.3 is 0 Å². The Morgan fingerprint density at radius 1 is 1.32 bits per heavy atom. The van der Waals surface area contributed by atoms with Crippen LogP contribution in [0.15, 0.2) is 12.1 Å². The first-order valence-electron chi connectivity index (χ1n) is 7.74. The number of nitrogens with two attached hydrogens (primary N) is 1. The zero-order chi connectivity index (χ0) is 16.1. The molecule has 2 atom stereocenters. The highest BCUT2D eigenvalue weighted by Crippen LogP contribution is 2.56. The fourth-order valence-corrected chi connectivity index (χ4v) is 4.41. The molecule has 5 nitrogen and oxygen atoms in total. The Labute approximate surface area is 129 Å². The molecule has 0 aliphatic heterocycles. The van der Waals surface area contributed by atoms with Crippen molar-refractivity contribution in [1.29, 1.82) is 0 Å². The van der Waals surface area contributed by atoms with Crippen molar-refractivity contribution in [2.24, 2.45) is 5.73 Å². The van der Waals surface area contributed by atoms with E-state index in [1.807, 2.05) is 6.92 Å². The number of Topliss-reactive ketones (excluding diaryl/α,β-unsaturated/α-hetero) is 1. The summed E-state index contributed by atoms with van der Waals surface area (Å²) in [5.41, 5.74) is 4.98. The lowest BCUT2D eigenvalue weighted by atomic mass is 9.53. The van der Waals surface area contributed by atoms with Crippen molar-refractivity contribution in [3.05, 3.63) is 28.8 Å². The van der Waals surface area contributed by atoms with Gasteiger partial charge in [0.05, 0.1) is 11.2 Å². The quantitative estimate of drug-likeness (QED) is 0.772. The molecule has 0 aromatic heterocycles. The maximum absolute atomic E-state index is 12.1. The fourth-order valence-electron chi connectivity index (χ4n) is 4.41. The van der Waals surface area contributed by atoms with Gasteiger partial charge in [0.25, 0.3) is 5.91 Å². The number of carbonyl (C=O) groups is 2. The SMILES string of the molecule is CC[C@]12CC(=O)CC[C@@]1(O)CCc1ccc(C(N)=O)c(O)c12. The van der Waals surface area contributed by atoms with E-state index in [0.29, 0.717) is 37.7 Å². The first-order chi connectivity index (χ1) is 10.3. The molecule has 22 heavy (non-hydrogen) atoms. The number of aromatic hydroxyl groups is 1. The Hall–Kier alpha value is -1.88. The van der Waals surface area contributed by atoms with Crippen molar-refractivity contribution in [1.82, 2.24) is 0 Å². The lowest BCUT2D eigenvalue weighted by Gasteiger charge is -2.54. The van der Waals surface area contributed by atoms with Crippen LogP contribution in [-0.4, -0.2) is 27.5 Å². The van der Waals surface area contributed by atoms with E-state index in [0.717, 1.165) is 5.56 Å². The first-order valence-corrected chi connectivity index (χ1v) is 7.74. The number of hydrogen-bond donors (Lipinski definition) is 3. The molecule has 4 N–H and O–H groups in total. The van der Waals surface area contributed by atoms with E-state index in [-0.39, 0.29) is 23.5 Å². The number of aliphatic hydroxyl groups is 1. The van der Waals surface area contributed by atoms with Gasteiger partial charge in [-0.25, -0.2) is 0 Å². The molecular weight excluding hydrogens is 282 g/mol. The van der Waals surface area contributed by atoms with Crippen LogP contribution in [0, 0.1) is 0 Å². The summed E-state index contributed by atoms with van der Waals surface area (Å²) in [6.07, 6.45) is 2.68. The van der Waals surface area contributed by atoms with Crippen LogP contribution in [-0.2, 0) is 16.6 Å². The molecular formula is C17H21NO4. The minimum Gasteiger partial charge on any atom is -0.507 e. The van der Waals surface area contributed by atoms with Gasteiger partial charge in [-0.2, -0.15) is 0 Å². The summed E-state index contributed by atoms with van der Waals surface area (Å²) < 4.78 is 0. The third-order valence-electron chi connectivity index (χ3n) is 5.63. The number of rotatable bonds is 2. The molecule has 0 bridgehead atoms. The largest absolute Gasteiger partial charge is 0.507 e. The molecule has 1 saturated carbocycles. The Bertz CT molecular complexity index is 669. The second-order valence-electron chi connectivity index (χ2n) is 6.54. The average Bonchev–Trinajstić information content (AvgIpc) is 2.47. The number of hydrogen-bond acceptors (Lipinski definition) is 4. The van der Waals surface area contributed by atoms with Crippen molar-refractivity contribution in [3.8, 4) is 5.75 Å². The number of benzene rings is 1. The molecule has 2 aliphatic carbocycles. The Morgan fingerprint density at radius 3 is 2.64 bits per heavy atom. The van der Waals surface area contributed by atoms with Crippen LogP contribution in [0.3, 0.4) is 0 Å². The Balaban J connectivity index is 2.30. The number of phenols is 1. The molecule has 1 aromatic rings. The van der Waals surface area contributed by atoms with Gasteiger partial charge < -0.3 is 15.9 Å². The number of carbonyl (C=O) groups excluding carboxylic acids is 2. The molecule has 0 unspecified atom stereocenters. The fraction of sp³-hybridized carbons (Fsp3) is 0.529. The van der Waals surface area contributed by atoms with Gasteiger partial charge in [0.15, 0.2) is 0 Å². The van der Waals surface area contributed by atoms with Crippen molar-refractivity contribution in [2.45, 2.75) is 56.5 Å². The number of aryl methyl sites for hydroxylation is 1. The molecule has 118 valence electrons. The minimum atomic E-state index is -1.02. The normalized spacial score (nSPS) is 30.5. The summed E-state index contributed by atoms with van der Waals surface area (Å²) in [7, 11) is 0. The second kappa shape index (κ2) is 4.81. The monoisotopic (exact) mass is 303 g/mol. The van der Waals surface area contributed by atoms with Crippen LogP contribution in [0.2, 0.25) is 0 Å². The molecule has 0 radical (unpaired) electrons. The van der Waals surface area contributed by atoms with E-state index in [2.05, 4.69) is 0 Å². The molecule has 0 saturated heterocycles. The molecule has 5 heteroatoms. The standard InChI is InChI=1S/C17H21NO4/c1-2-16-9-11(19)6-8-17(16,22)7-5-10-3-4-12(15(18)21)14(20)13(10)16/h3-4,20,22H,2,5-9H2,1H3,(H2,18,21)/t16-,17+/m1/s1. The smallest absolute Gasteiger partial charge is 0.252 e. The van der Waals surface area contributed by atoms with Crippen molar-refractivity contribution < 1.29 is 19.8 Å². The number of primary amides is 1. The van der Waals surface area contributed by atoms with Gasteiger partial charge in [0, 0.05) is 23.8 Å². The third kappa shape index (κ3) is 1.81. The van der Waals surface area contributed by atoms with Crippen LogP contribution in [0.4, 0.5) is 0 Å². The topological polar surface area (TPSA) is 101 Å². The number of ketones is 1. The lowest BCUT2D eigenvalue weighted by molar-refractivity contribution is -0.137.